The Morgan fingerprint density at radius 3 is 2.44 bits per heavy atom. The van der Waals surface area contributed by atoms with Crippen LogP contribution < -0.4 is 5.32 Å². The fourth-order valence-electron chi connectivity index (χ4n) is 1.63. The minimum atomic E-state index is -1.19. The number of rotatable bonds is 5. The van der Waals surface area contributed by atoms with Crippen LogP contribution in [0.5, 0.6) is 0 Å². The molecular weight excluding hydrogens is 230 g/mol. The molecule has 0 aliphatic heterocycles. The van der Waals surface area contributed by atoms with Crippen molar-refractivity contribution in [3.05, 3.63) is 35.4 Å². The first kappa shape index (κ1) is 14.2. The summed E-state index contributed by atoms with van der Waals surface area (Å²) >= 11 is 0. The van der Waals surface area contributed by atoms with Crippen molar-refractivity contribution < 1.29 is 14.7 Å². The first-order valence-corrected chi connectivity index (χ1v) is 5.98. The molecule has 0 saturated carbocycles. The molecule has 0 fully saturated rings. The van der Waals surface area contributed by atoms with Gasteiger partial charge in [-0.3, -0.25) is 4.79 Å². The predicted octanol–water partition coefficient (Wildman–Crippen LogP) is 1.91. The average Bonchev–Trinajstić information content (AvgIpc) is 2.31. The Balaban J connectivity index is 2.73. The Hall–Kier alpha value is -1.84. The highest BCUT2D eigenvalue weighted by Crippen LogP contribution is 2.12. The minimum absolute atomic E-state index is 0.204. The molecule has 18 heavy (non-hydrogen) atoms. The van der Waals surface area contributed by atoms with E-state index in [1.165, 1.54) is 6.92 Å². The summed E-state index contributed by atoms with van der Waals surface area (Å²) in [4.78, 5) is 23.0. The smallest absolute Gasteiger partial charge is 0.329 e. The van der Waals surface area contributed by atoms with E-state index in [9.17, 15) is 9.59 Å². The lowest BCUT2D eigenvalue weighted by Gasteiger charge is -2.24. The fraction of sp³-hybridized carbons (Fsp3) is 0.429. The quantitative estimate of drug-likeness (QED) is 0.837. The van der Waals surface area contributed by atoms with Crippen molar-refractivity contribution in [2.24, 2.45) is 0 Å². The second-order valence-corrected chi connectivity index (χ2v) is 4.64. The topological polar surface area (TPSA) is 66.4 Å². The molecule has 1 aromatic carbocycles. The monoisotopic (exact) mass is 249 g/mol. The normalized spacial score (nSPS) is 13.7. The van der Waals surface area contributed by atoms with Crippen LogP contribution in [0.4, 0.5) is 0 Å². The van der Waals surface area contributed by atoms with Crippen molar-refractivity contribution in [1.29, 1.82) is 0 Å². The third-order valence-corrected chi connectivity index (χ3v) is 3.21. The highest BCUT2D eigenvalue weighted by molar-refractivity contribution is 5.87. The van der Waals surface area contributed by atoms with Crippen LogP contribution in [-0.2, 0) is 16.0 Å². The number of aliphatic carboxylic acids is 1. The summed E-state index contributed by atoms with van der Waals surface area (Å²) in [5.41, 5.74) is 0.750. The van der Waals surface area contributed by atoms with Crippen LogP contribution in [0.3, 0.4) is 0 Å². The van der Waals surface area contributed by atoms with Gasteiger partial charge in [0.05, 0.1) is 6.42 Å². The lowest BCUT2D eigenvalue weighted by molar-refractivity contribution is -0.146. The first-order valence-electron chi connectivity index (χ1n) is 5.98. The van der Waals surface area contributed by atoms with Crippen LogP contribution in [-0.4, -0.2) is 22.5 Å². The molecule has 1 amide bonds. The SMILES string of the molecule is CCC(C)(NC(=O)Cc1ccccc1C)C(=O)O. The van der Waals surface area contributed by atoms with E-state index in [0.717, 1.165) is 11.1 Å². The van der Waals surface area contributed by atoms with E-state index in [1.54, 1.807) is 6.92 Å². The molecule has 1 aromatic rings. The molecule has 1 atom stereocenters. The highest BCUT2D eigenvalue weighted by atomic mass is 16.4. The summed E-state index contributed by atoms with van der Waals surface area (Å²) in [5, 5.41) is 11.7. The van der Waals surface area contributed by atoms with Crippen LogP contribution in [0.25, 0.3) is 0 Å². The van der Waals surface area contributed by atoms with Crippen molar-refractivity contribution in [2.75, 3.05) is 0 Å². The average molecular weight is 249 g/mol. The Morgan fingerprint density at radius 1 is 1.33 bits per heavy atom. The number of carboxylic acids is 1. The molecule has 4 nitrogen and oxygen atoms in total. The Labute approximate surface area is 107 Å². The van der Waals surface area contributed by atoms with Crippen molar-refractivity contribution >= 4 is 11.9 Å². The maximum absolute atomic E-state index is 11.9. The molecular formula is C14H19NO3. The Bertz CT molecular complexity index is 456. The van der Waals surface area contributed by atoms with Gasteiger partial charge in [-0.05, 0) is 31.4 Å². The number of amides is 1. The largest absolute Gasteiger partial charge is 0.480 e. The summed E-state index contributed by atoms with van der Waals surface area (Å²) in [6.07, 6.45) is 0.553. The van der Waals surface area contributed by atoms with Crippen LogP contribution in [0, 0.1) is 6.92 Å². The van der Waals surface area contributed by atoms with E-state index in [4.69, 9.17) is 5.11 Å². The zero-order valence-corrected chi connectivity index (χ0v) is 11.0. The van der Waals surface area contributed by atoms with E-state index in [2.05, 4.69) is 5.32 Å². The summed E-state index contributed by atoms with van der Waals surface area (Å²) in [6.45, 7) is 5.19. The maximum atomic E-state index is 11.9. The van der Waals surface area contributed by atoms with Crippen LogP contribution in [0.2, 0.25) is 0 Å². The molecule has 1 rings (SSSR count). The maximum Gasteiger partial charge on any atom is 0.329 e. The van der Waals surface area contributed by atoms with Crippen LogP contribution in [0.1, 0.15) is 31.4 Å². The number of nitrogens with one attached hydrogen (secondary N) is 1. The summed E-state index contributed by atoms with van der Waals surface area (Å²) in [6, 6.07) is 7.58. The zero-order valence-electron chi connectivity index (χ0n) is 11.0. The third-order valence-electron chi connectivity index (χ3n) is 3.21. The molecule has 0 aliphatic rings. The van der Waals surface area contributed by atoms with Gasteiger partial charge in [0.15, 0.2) is 0 Å². The van der Waals surface area contributed by atoms with Crippen molar-refractivity contribution in [2.45, 2.75) is 39.2 Å². The van der Waals surface area contributed by atoms with E-state index < -0.39 is 11.5 Å². The van der Waals surface area contributed by atoms with Gasteiger partial charge in [-0.2, -0.15) is 0 Å². The van der Waals surface area contributed by atoms with Gasteiger partial charge < -0.3 is 10.4 Å². The number of aryl methyl sites for hydroxylation is 1. The minimum Gasteiger partial charge on any atom is -0.480 e. The van der Waals surface area contributed by atoms with Gasteiger partial charge in [0.1, 0.15) is 5.54 Å². The number of benzene rings is 1. The van der Waals surface area contributed by atoms with Crippen LogP contribution in [0.15, 0.2) is 24.3 Å². The summed E-state index contributed by atoms with van der Waals surface area (Å²) in [7, 11) is 0. The lowest BCUT2D eigenvalue weighted by Crippen LogP contribution is -2.52. The molecule has 4 heteroatoms. The third kappa shape index (κ3) is 3.32. The molecule has 0 saturated heterocycles. The van der Waals surface area contributed by atoms with Gasteiger partial charge in [-0.25, -0.2) is 4.79 Å². The van der Waals surface area contributed by atoms with Gasteiger partial charge in [0, 0.05) is 0 Å². The molecule has 0 radical (unpaired) electrons. The molecule has 0 aromatic heterocycles. The van der Waals surface area contributed by atoms with Gasteiger partial charge in [-0.15, -0.1) is 0 Å². The number of hydrogen-bond acceptors (Lipinski definition) is 2. The molecule has 0 heterocycles. The highest BCUT2D eigenvalue weighted by Gasteiger charge is 2.32. The second kappa shape index (κ2) is 5.67. The number of carboxylic acid groups (broad SMARTS) is 1. The fourth-order valence-corrected chi connectivity index (χ4v) is 1.63. The lowest BCUT2D eigenvalue weighted by atomic mass is 9.98. The first-order chi connectivity index (χ1) is 8.39. The Morgan fingerprint density at radius 2 is 1.94 bits per heavy atom. The second-order valence-electron chi connectivity index (χ2n) is 4.64. The number of hydrogen-bond donors (Lipinski definition) is 2. The van der Waals surface area contributed by atoms with E-state index >= 15 is 0 Å². The van der Waals surface area contributed by atoms with E-state index in [-0.39, 0.29) is 12.3 Å². The summed E-state index contributed by atoms with van der Waals surface area (Å²) < 4.78 is 0. The predicted molar refractivity (Wildman–Crippen MR) is 69.4 cm³/mol. The van der Waals surface area contributed by atoms with E-state index in [0.29, 0.717) is 6.42 Å². The number of carbonyl (C=O) groups is 2. The van der Waals surface area contributed by atoms with Crippen LogP contribution >= 0.6 is 0 Å². The number of carbonyl (C=O) groups excluding carboxylic acids is 1. The van der Waals surface area contributed by atoms with Gasteiger partial charge in [0.25, 0.3) is 0 Å². The Kier molecular flexibility index (Phi) is 4.48. The molecule has 0 bridgehead atoms. The van der Waals surface area contributed by atoms with Gasteiger partial charge in [-0.1, -0.05) is 31.2 Å². The zero-order chi connectivity index (χ0) is 13.8. The van der Waals surface area contributed by atoms with Crippen molar-refractivity contribution in [3.8, 4) is 0 Å². The van der Waals surface area contributed by atoms with Gasteiger partial charge in [0.2, 0.25) is 5.91 Å². The van der Waals surface area contributed by atoms with Gasteiger partial charge >= 0.3 is 5.97 Å². The molecule has 0 aliphatic carbocycles. The van der Waals surface area contributed by atoms with Crippen molar-refractivity contribution in [3.63, 3.8) is 0 Å². The molecule has 1 unspecified atom stereocenters. The summed E-state index contributed by atoms with van der Waals surface area (Å²) in [5.74, 6) is -1.28. The molecule has 98 valence electrons. The van der Waals surface area contributed by atoms with Crippen molar-refractivity contribution in [1.82, 2.24) is 5.32 Å². The molecule has 2 N–H and O–H groups in total. The standard InChI is InChI=1S/C14H19NO3/c1-4-14(3,13(17)18)15-12(16)9-11-8-6-5-7-10(11)2/h5-8H,4,9H2,1-3H3,(H,15,16)(H,17,18). The van der Waals surface area contributed by atoms with E-state index in [1.807, 2.05) is 31.2 Å². The molecule has 0 spiro atoms.